The molecule has 52 valence electrons. The van der Waals surface area contributed by atoms with Gasteiger partial charge < -0.3 is 5.21 Å². The lowest BCUT2D eigenvalue weighted by atomic mass is 10.4. The van der Waals surface area contributed by atoms with Crippen molar-refractivity contribution in [2.75, 3.05) is 19.6 Å². The maximum atomic E-state index is 8.07. The Morgan fingerprint density at radius 1 is 1.44 bits per heavy atom. The van der Waals surface area contributed by atoms with E-state index in [0.717, 1.165) is 19.6 Å². The average Bonchev–Trinajstić information content (AvgIpc) is 2.34. The first kappa shape index (κ1) is 6.55. The molecule has 0 unspecified atom stereocenters. The number of nitrogens with zero attached hydrogens (tertiary/aromatic N) is 2. The molecule has 1 aliphatic rings. The summed E-state index contributed by atoms with van der Waals surface area (Å²) in [5, 5.41) is 11.0. The highest BCUT2D eigenvalue weighted by atomic mass is 16.4. The molecule has 0 saturated carbocycles. The van der Waals surface area contributed by atoms with E-state index in [1.807, 2.05) is 0 Å². The minimum atomic E-state index is 0.802. The van der Waals surface area contributed by atoms with E-state index in [4.69, 9.17) is 5.21 Å². The van der Waals surface area contributed by atoms with Gasteiger partial charge in [-0.1, -0.05) is 0 Å². The van der Waals surface area contributed by atoms with Gasteiger partial charge in [-0.2, -0.15) is 0 Å². The Balaban J connectivity index is 2.11. The molecule has 0 spiro atoms. The molecule has 3 nitrogen and oxygen atoms in total. The highest BCUT2D eigenvalue weighted by Gasteiger charge is 2.08. The minimum Gasteiger partial charge on any atom is -0.411 e. The van der Waals surface area contributed by atoms with Gasteiger partial charge in [-0.15, -0.1) is 5.16 Å². The Kier molecular flexibility index (Phi) is 2.51. The molecule has 1 N–H and O–H groups in total. The Morgan fingerprint density at radius 3 is 2.67 bits per heavy atom. The van der Waals surface area contributed by atoms with Crippen molar-refractivity contribution in [2.45, 2.75) is 12.8 Å². The van der Waals surface area contributed by atoms with Crippen LogP contribution in [0, 0.1) is 0 Å². The van der Waals surface area contributed by atoms with Crippen LogP contribution >= 0.6 is 0 Å². The third kappa shape index (κ3) is 2.01. The molecule has 1 aliphatic heterocycles. The zero-order valence-corrected chi connectivity index (χ0v) is 5.45. The molecule has 0 radical (unpaired) electrons. The van der Waals surface area contributed by atoms with Crippen molar-refractivity contribution in [2.24, 2.45) is 5.16 Å². The fourth-order valence-electron chi connectivity index (χ4n) is 1.12. The van der Waals surface area contributed by atoms with Crippen LogP contribution in [0.25, 0.3) is 0 Å². The summed E-state index contributed by atoms with van der Waals surface area (Å²) < 4.78 is 0. The molecular formula is C6H12N2O. The van der Waals surface area contributed by atoms with Crippen molar-refractivity contribution in [1.82, 2.24) is 4.90 Å². The zero-order valence-electron chi connectivity index (χ0n) is 5.45. The molecule has 0 aromatic heterocycles. The maximum Gasteiger partial charge on any atom is 0.0576 e. The van der Waals surface area contributed by atoms with E-state index in [2.05, 4.69) is 10.1 Å². The van der Waals surface area contributed by atoms with E-state index in [1.165, 1.54) is 19.1 Å². The van der Waals surface area contributed by atoms with Crippen molar-refractivity contribution < 1.29 is 5.21 Å². The Hall–Kier alpha value is -0.570. The SMILES string of the molecule is O/N=C/CN1CCCC1. The van der Waals surface area contributed by atoms with E-state index >= 15 is 0 Å². The number of oxime groups is 1. The summed E-state index contributed by atoms with van der Waals surface area (Å²) >= 11 is 0. The van der Waals surface area contributed by atoms with Gasteiger partial charge in [0, 0.05) is 6.54 Å². The van der Waals surface area contributed by atoms with Gasteiger partial charge >= 0.3 is 0 Å². The van der Waals surface area contributed by atoms with Crippen molar-refractivity contribution in [3.05, 3.63) is 0 Å². The molecule has 1 heterocycles. The fraction of sp³-hybridized carbons (Fsp3) is 0.833. The van der Waals surface area contributed by atoms with Gasteiger partial charge in [-0.3, -0.25) is 4.90 Å². The van der Waals surface area contributed by atoms with E-state index in [0.29, 0.717) is 0 Å². The molecule has 0 aliphatic carbocycles. The Morgan fingerprint density at radius 2 is 2.11 bits per heavy atom. The highest BCUT2D eigenvalue weighted by molar-refractivity contribution is 5.58. The topological polar surface area (TPSA) is 35.8 Å². The number of hydrogen-bond donors (Lipinski definition) is 1. The zero-order chi connectivity index (χ0) is 6.53. The van der Waals surface area contributed by atoms with Crippen LogP contribution in [0.1, 0.15) is 12.8 Å². The molecule has 0 aromatic carbocycles. The quantitative estimate of drug-likeness (QED) is 0.335. The van der Waals surface area contributed by atoms with Crippen molar-refractivity contribution in [3.63, 3.8) is 0 Å². The van der Waals surface area contributed by atoms with Crippen LogP contribution in [0.2, 0.25) is 0 Å². The first-order chi connectivity index (χ1) is 4.43. The molecule has 0 aromatic rings. The molecule has 0 amide bonds. The molecule has 1 fully saturated rings. The highest BCUT2D eigenvalue weighted by Crippen LogP contribution is 2.04. The van der Waals surface area contributed by atoms with Crippen LogP contribution in [0.15, 0.2) is 5.16 Å². The maximum absolute atomic E-state index is 8.07. The Labute approximate surface area is 55.0 Å². The average molecular weight is 128 g/mol. The van der Waals surface area contributed by atoms with Gasteiger partial charge in [0.15, 0.2) is 0 Å². The predicted molar refractivity (Wildman–Crippen MR) is 36.0 cm³/mol. The van der Waals surface area contributed by atoms with Gasteiger partial charge in [0.25, 0.3) is 0 Å². The summed E-state index contributed by atoms with van der Waals surface area (Å²) in [5.41, 5.74) is 0. The predicted octanol–water partition coefficient (Wildman–Crippen LogP) is 0.542. The van der Waals surface area contributed by atoms with Crippen LogP contribution in [-0.2, 0) is 0 Å². The molecular weight excluding hydrogens is 116 g/mol. The number of likely N-dealkylation sites (tertiary alicyclic amines) is 1. The monoisotopic (exact) mass is 128 g/mol. The van der Waals surface area contributed by atoms with E-state index in [1.54, 1.807) is 0 Å². The lowest BCUT2D eigenvalue weighted by Crippen LogP contribution is -2.21. The largest absolute Gasteiger partial charge is 0.411 e. The summed E-state index contributed by atoms with van der Waals surface area (Å²) in [7, 11) is 0. The normalized spacial score (nSPS) is 21.8. The van der Waals surface area contributed by atoms with Gasteiger partial charge in [0.1, 0.15) is 0 Å². The minimum absolute atomic E-state index is 0.802. The van der Waals surface area contributed by atoms with Crippen molar-refractivity contribution in [3.8, 4) is 0 Å². The summed E-state index contributed by atoms with van der Waals surface area (Å²) in [6, 6.07) is 0. The van der Waals surface area contributed by atoms with Gasteiger partial charge in [-0.25, -0.2) is 0 Å². The lowest BCUT2D eigenvalue weighted by Gasteiger charge is -2.08. The molecule has 1 saturated heterocycles. The van der Waals surface area contributed by atoms with E-state index < -0.39 is 0 Å². The van der Waals surface area contributed by atoms with Gasteiger partial charge in [0.2, 0.25) is 0 Å². The second-order valence-corrected chi connectivity index (χ2v) is 2.31. The fourth-order valence-corrected chi connectivity index (χ4v) is 1.12. The second-order valence-electron chi connectivity index (χ2n) is 2.31. The molecule has 0 bridgehead atoms. The first-order valence-corrected chi connectivity index (χ1v) is 3.32. The Bertz CT molecular complexity index is 97.2. The summed E-state index contributed by atoms with van der Waals surface area (Å²) in [6.07, 6.45) is 4.11. The van der Waals surface area contributed by atoms with Crippen LogP contribution < -0.4 is 0 Å². The first-order valence-electron chi connectivity index (χ1n) is 3.32. The molecule has 1 rings (SSSR count). The third-order valence-corrected chi connectivity index (χ3v) is 1.62. The summed E-state index contributed by atoms with van der Waals surface area (Å²) in [4.78, 5) is 2.26. The van der Waals surface area contributed by atoms with Crippen molar-refractivity contribution in [1.29, 1.82) is 0 Å². The van der Waals surface area contributed by atoms with Crippen LogP contribution in [0.4, 0.5) is 0 Å². The van der Waals surface area contributed by atoms with Gasteiger partial charge in [-0.05, 0) is 25.9 Å². The summed E-state index contributed by atoms with van der Waals surface area (Å²) in [6.45, 7) is 3.12. The van der Waals surface area contributed by atoms with Crippen LogP contribution in [0.3, 0.4) is 0 Å². The van der Waals surface area contributed by atoms with Gasteiger partial charge in [0.05, 0.1) is 6.21 Å². The summed E-state index contributed by atoms with van der Waals surface area (Å²) in [5.74, 6) is 0. The lowest BCUT2D eigenvalue weighted by molar-refractivity contribution is 0.315. The standard InChI is InChI=1S/C6H12N2O/c9-7-3-6-8-4-1-2-5-8/h3,9H,1-2,4-6H2/b7-3+. The van der Waals surface area contributed by atoms with Crippen LogP contribution in [0.5, 0.6) is 0 Å². The second kappa shape index (κ2) is 3.45. The smallest absolute Gasteiger partial charge is 0.0576 e. The third-order valence-electron chi connectivity index (χ3n) is 1.62. The van der Waals surface area contributed by atoms with Crippen molar-refractivity contribution >= 4 is 6.21 Å². The van der Waals surface area contributed by atoms with E-state index in [9.17, 15) is 0 Å². The molecule has 0 atom stereocenters. The number of hydrogen-bond acceptors (Lipinski definition) is 3. The number of rotatable bonds is 2. The molecule has 3 heteroatoms. The van der Waals surface area contributed by atoms with E-state index in [-0.39, 0.29) is 0 Å². The molecule has 9 heavy (non-hydrogen) atoms. The van der Waals surface area contributed by atoms with Crippen LogP contribution in [-0.4, -0.2) is 36.0 Å².